The Bertz CT molecular complexity index is 1720. The number of fused-ring (bicyclic) bond motifs is 1. The fourth-order valence-corrected chi connectivity index (χ4v) is 5.00. The predicted octanol–water partition coefficient (Wildman–Crippen LogP) is 4.30. The van der Waals surface area contributed by atoms with Crippen molar-refractivity contribution in [3.8, 4) is 11.1 Å². The number of imidazole rings is 1. The summed E-state index contributed by atoms with van der Waals surface area (Å²) in [5.74, 6) is -0.373. The third kappa shape index (κ3) is 5.62. The van der Waals surface area contributed by atoms with E-state index in [1.165, 1.54) is 18.5 Å². The van der Waals surface area contributed by atoms with Crippen LogP contribution in [0.5, 0.6) is 0 Å². The zero-order chi connectivity index (χ0) is 28.3. The van der Waals surface area contributed by atoms with Gasteiger partial charge in [0, 0.05) is 31.9 Å². The van der Waals surface area contributed by atoms with Crippen LogP contribution in [0.4, 0.5) is 9.18 Å². The topological polar surface area (TPSA) is 131 Å². The summed E-state index contributed by atoms with van der Waals surface area (Å²) in [5.41, 5.74) is 3.70. The average Bonchev–Trinajstić information content (AvgIpc) is 3.74. The summed E-state index contributed by atoms with van der Waals surface area (Å²) < 4.78 is 21.5. The second kappa shape index (κ2) is 11.2. The van der Waals surface area contributed by atoms with Gasteiger partial charge in [-0.3, -0.25) is 14.4 Å². The highest BCUT2D eigenvalue weighted by atomic mass is 19.1. The number of carbonyl (C=O) groups excluding carboxylic acids is 2. The van der Waals surface area contributed by atoms with E-state index in [1.807, 2.05) is 30.3 Å². The molecular formula is C29H27FN8O3. The van der Waals surface area contributed by atoms with Crippen LogP contribution in [0.25, 0.3) is 22.3 Å². The number of aromatic amines is 1. The number of carbonyl (C=O) groups is 2. The lowest BCUT2D eigenvalue weighted by molar-refractivity contribution is 0.0908. The van der Waals surface area contributed by atoms with Gasteiger partial charge in [0.1, 0.15) is 30.1 Å². The van der Waals surface area contributed by atoms with E-state index in [4.69, 9.17) is 4.74 Å². The average molecular weight is 555 g/mol. The van der Waals surface area contributed by atoms with E-state index in [0.29, 0.717) is 41.1 Å². The Morgan fingerprint density at radius 1 is 1.12 bits per heavy atom. The Hall–Kier alpha value is -5.13. The molecule has 2 N–H and O–H groups in total. The van der Waals surface area contributed by atoms with Gasteiger partial charge in [-0.25, -0.2) is 24.1 Å². The molecule has 208 valence electrons. The molecule has 4 heterocycles. The van der Waals surface area contributed by atoms with E-state index in [9.17, 15) is 14.0 Å². The summed E-state index contributed by atoms with van der Waals surface area (Å²) in [7, 11) is 1.79. The first-order valence-electron chi connectivity index (χ1n) is 13.2. The van der Waals surface area contributed by atoms with Crippen molar-refractivity contribution in [2.45, 2.75) is 32.0 Å². The Morgan fingerprint density at radius 3 is 2.78 bits per heavy atom. The number of benzene rings is 2. The molecule has 41 heavy (non-hydrogen) atoms. The Balaban J connectivity index is 1.17. The molecule has 11 nitrogen and oxygen atoms in total. The fourth-order valence-electron chi connectivity index (χ4n) is 5.00. The molecule has 5 aromatic rings. The van der Waals surface area contributed by atoms with Crippen molar-refractivity contribution in [1.82, 2.24) is 39.9 Å². The number of aromatic nitrogens is 6. The molecule has 1 atom stereocenters. The lowest BCUT2D eigenvalue weighted by Crippen LogP contribution is -2.31. The van der Waals surface area contributed by atoms with Gasteiger partial charge in [-0.1, -0.05) is 30.3 Å². The van der Waals surface area contributed by atoms with Gasteiger partial charge in [-0.05, 0) is 47.7 Å². The van der Waals surface area contributed by atoms with Gasteiger partial charge in [0.05, 0.1) is 12.2 Å². The molecule has 12 heteroatoms. The maximum absolute atomic E-state index is 14.3. The zero-order valence-electron chi connectivity index (χ0n) is 22.2. The lowest BCUT2D eigenvalue weighted by Gasteiger charge is -2.22. The number of nitrogens with one attached hydrogen (secondary N) is 2. The van der Waals surface area contributed by atoms with Crippen molar-refractivity contribution < 1.29 is 18.7 Å². The fraction of sp³-hybridized carbons (Fsp3) is 0.241. The highest BCUT2D eigenvalue weighted by molar-refractivity contribution is 6.02. The molecule has 2 amide bonds. The number of amides is 2. The molecule has 1 saturated heterocycles. The Morgan fingerprint density at radius 2 is 1.98 bits per heavy atom. The number of ether oxygens (including phenoxy) is 1. The molecule has 3 aromatic heterocycles. The molecule has 1 aliphatic rings. The second-order valence-corrected chi connectivity index (χ2v) is 9.87. The maximum atomic E-state index is 14.3. The van der Waals surface area contributed by atoms with Crippen LogP contribution in [0, 0.1) is 5.82 Å². The highest BCUT2D eigenvalue weighted by Crippen LogP contribution is 2.32. The highest BCUT2D eigenvalue weighted by Gasteiger charge is 2.34. The maximum Gasteiger partial charge on any atom is 0.410 e. The summed E-state index contributed by atoms with van der Waals surface area (Å²) >= 11 is 0. The summed E-state index contributed by atoms with van der Waals surface area (Å²) in [6, 6.07) is 13.7. The lowest BCUT2D eigenvalue weighted by atomic mass is 10.1. The van der Waals surface area contributed by atoms with E-state index in [2.05, 4.69) is 30.4 Å². The van der Waals surface area contributed by atoms with Crippen molar-refractivity contribution in [3.63, 3.8) is 0 Å². The van der Waals surface area contributed by atoms with Crippen LogP contribution in [0.15, 0.2) is 67.3 Å². The molecule has 0 saturated carbocycles. The van der Waals surface area contributed by atoms with Gasteiger partial charge in [0.25, 0.3) is 5.91 Å². The van der Waals surface area contributed by atoms with E-state index >= 15 is 0 Å². The van der Waals surface area contributed by atoms with Crippen LogP contribution in [-0.2, 0) is 24.9 Å². The summed E-state index contributed by atoms with van der Waals surface area (Å²) in [5, 5.41) is 6.94. The molecule has 0 radical (unpaired) electrons. The van der Waals surface area contributed by atoms with E-state index in [0.717, 1.165) is 17.5 Å². The second-order valence-electron chi connectivity index (χ2n) is 9.87. The van der Waals surface area contributed by atoms with Gasteiger partial charge in [-0.2, -0.15) is 5.10 Å². The van der Waals surface area contributed by atoms with Gasteiger partial charge < -0.3 is 15.0 Å². The number of hydrogen-bond acceptors (Lipinski definition) is 7. The van der Waals surface area contributed by atoms with Crippen molar-refractivity contribution in [2.75, 3.05) is 6.54 Å². The Kier molecular flexibility index (Phi) is 7.11. The van der Waals surface area contributed by atoms with Crippen molar-refractivity contribution >= 4 is 23.2 Å². The van der Waals surface area contributed by atoms with Crippen molar-refractivity contribution in [2.24, 2.45) is 7.05 Å². The smallest absolute Gasteiger partial charge is 0.410 e. The summed E-state index contributed by atoms with van der Waals surface area (Å²) in [6.07, 6.45) is 5.76. The van der Waals surface area contributed by atoms with E-state index in [-0.39, 0.29) is 24.9 Å². The van der Waals surface area contributed by atoms with Gasteiger partial charge in [0.2, 0.25) is 0 Å². The van der Waals surface area contributed by atoms with E-state index < -0.39 is 17.8 Å². The molecular weight excluding hydrogens is 527 g/mol. The number of hydrogen-bond donors (Lipinski definition) is 2. The number of halogens is 1. The zero-order valence-corrected chi connectivity index (χ0v) is 22.2. The molecule has 6 rings (SSSR count). The van der Waals surface area contributed by atoms with Crippen LogP contribution in [0.3, 0.4) is 0 Å². The summed E-state index contributed by atoms with van der Waals surface area (Å²) in [4.78, 5) is 43.8. The molecule has 1 aliphatic heterocycles. The third-order valence-corrected chi connectivity index (χ3v) is 6.98. The molecule has 1 fully saturated rings. The minimum atomic E-state index is -0.467. The first kappa shape index (κ1) is 26.1. The Labute approximate surface area is 234 Å². The first-order chi connectivity index (χ1) is 19.9. The van der Waals surface area contributed by atoms with Crippen LogP contribution >= 0.6 is 0 Å². The predicted molar refractivity (Wildman–Crippen MR) is 147 cm³/mol. The standard InChI is InChI=1S/C29H27FN8O3/c1-37-15-21(14-34-37)20-10-19(11-22(30)12-20)13-31-28(39)25-24-27(33-17-32-25)36-26(35-24)23-8-5-9-38(23)29(40)41-16-18-6-3-2-4-7-18/h2-4,6-7,10-12,14-15,17,23H,5,8-9,13,16H2,1H3,(H,31,39)(H,32,33,35,36)/t23-/m1/s1. The van der Waals surface area contributed by atoms with Gasteiger partial charge in [0.15, 0.2) is 11.3 Å². The van der Waals surface area contributed by atoms with Crippen molar-refractivity contribution in [1.29, 1.82) is 0 Å². The van der Waals surface area contributed by atoms with Crippen LogP contribution < -0.4 is 5.32 Å². The van der Waals surface area contributed by atoms with E-state index in [1.54, 1.807) is 35.1 Å². The molecule has 0 unspecified atom stereocenters. The largest absolute Gasteiger partial charge is 0.445 e. The molecule has 2 aromatic carbocycles. The number of aryl methyl sites for hydroxylation is 1. The van der Waals surface area contributed by atoms with Gasteiger partial charge >= 0.3 is 6.09 Å². The molecule has 0 aliphatic carbocycles. The molecule has 0 spiro atoms. The quantitative estimate of drug-likeness (QED) is 0.307. The first-order valence-corrected chi connectivity index (χ1v) is 13.2. The number of nitrogens with zero attached hydrogens (tertiary/aromatic N) is 6. The SMILES string of the molecule is Cn1cc(-c2cc(F)cc(CNC(=O)c3ncnc4nc([C@H]5CCCN5C(=O)OCc5ccccc5)[nH]c34)c2)cn1. The number of rotatable bonds is 7. The monoisotopic (exact) mass is 554 g/mol. The number of likely N-dealkylation sites (tertiary alicyclic amines) is 1. The third-order valence-electron chi connectivity index (χ3n) is 6.98. The van der Waals surface area contributed by atoms with Crippen LogP contribution in [-0.4, -0.2) is 53.2 Å². The van der Waals surface area contributed by atoms with Crippen molar-refractivity contribution in [3.05, 3.63) is 95.7 Å². The number of H-pyrrole nitrogens is 1. The minimum absolute atomic E-state index is 0.0833. The van der Waals surface area contributed by atoms with Crippen LogP contribution in [0.2, 0.25) is 0 Å². The summed E-state index contributed by atoms with van der Waals surface area (Å²) in [6.45, 7) is 0.789. The minimum Gasteiger partial charge on any atom is -0.445 e. The normalized spacial score (nSPS) is 14.9. The molecule has 0 bridgehead atoms. The van der Waals surface area contributed by atoms with Gasteiger partial charge in [-0.15, -0.1) is 0 Å². The van der Waals surface area contributed by atoms with Crippen LogP contribution in [0.1, 0.15) is 46.3 Å².